The lowest BCUT2D eigenvalue weighted by molar-refractivity contribution is -0.152. The largest absolute Gasteiger partial charge is 0.461 e. The number of rotatable bonds is 9. The molecule has 0 aliphatic heterocycles. The van der Waals surface area contributed by atoms with Crippen LogP contribution in [0.25, 0.3) is 0 Å². The van der Waals surface area contributed by atoms with E-state index in [2.05, 4.69) is 5.32 Å². The molecule has 0 bridgehead atoms. The number of hydrogen-bond donors (Lipinski definition) is 3. The average Bonchev–Trinajstić information content (AvgIpc) is 3.03. The number of amides is 1. The summed E-state index contributed by atoms with van der Waals surface area (Å²) in [6, 6.07) is 0.552. The van der Waals surface area contributed by atoms with Gasteiger partial charge in [-0.05, 0) is 37.1 Å². The second-order valence-corrected chi connectivity index (χ2v) is 5.94. The van der Waals surface area contributed by atoms with Crippen molar-refractivity contribution in [3.63, 3.8) is 0 Å². The molecule has 2 atom stereocenters. The van der Waals surface area contributed by atoms with E-state index in [1.165, 1.54) is 11.3 Å². The Morgan fingerprint density at radius 3 is 2.65 bits per heavy atom. The Kier molecular flexibility index (Phi) is 7.56. The summed E-state index contributed by atoms with van der Waals surface area (Å²) in [4.78, 5) is 35.3. The van der Waals surface area contributed by atoms with Crippen molar-refractivity contribution in [2.45, 2.75) is 44.9 Å². The molecule has 1 heterocycles. The molecule has 1 rings (SSSR count). The van der Waals surface area contributed by atoms with Crippen molar-refractivity contribution in [3.05, 3.63) is 22.4 Å². The molecule has 126 valence electrons. The van der Waals surface area contributed by atoms with Crippen LogP contribution in [0.5, 0.6) is 0 Å². The van der Waals surface area contributed by atoms with E-state index in [4.69, 9.17) is 10.1 Å². The molecule has 0 radical (unpaired) electrons. The van der Waals surface area contributed by atoms with Gasteiger partial charge in [-0.2, -0.15) is 11.3 Å². The second kappa shape index (κ2) is 9.16. The number of carbonyl (C=O) groups excluding carboxylic acids is 3. The van der Waals surface area contributed by atoms with E-state index < -0.39 is 29.8 Å². The first-order valence-electron chi connectivity index (χ1n) is 7.09. The quantitative estimate of drug-likeness (QED) is 0.461. The Morgan fingerprint density at radius 2 is 2.13 bits per heavy atom. The predicted molar refractivity (Wildman–Crippen MR) is 85.5 cm³/mol. The molecular formula is C15H20N2O5S. The van der Waals surface area contributed by atoms with E-state index >= 15 is 0 Å². The number of Topliss-reactive ketones (excluding diaryl/α,β-unsaturated/α-hetero) is 1. The van der Waals surface area contributed by atoms with E-state index in [1.54, 1.807) is 30.7 Å². The highest BCUT2D eigenvalue weighted by Gasteiger charge is 2.27. The summed E-state index contributed by atoms with van der Waals surface area (Å²) in [5.41, 5.74) is 0.430. The number of hydrogen-bond acceptors (Lipinski definition) is 7. The van der Waals surface area contributed by atoms with Crippen molar-refractivity contribution in [3.8, 4) is 0 Å². The molecule has 1 aromatic heterocycles. The third-order valence-electron chi connectivity index (χ3n) is 2.90. The Balaban J connectivity index is 2.74. The lowest BCUT2D eigenvalue weighted by atomic mass is 10.1. The van der Waals surface area contributed by atoms with Crippen LogP contribution in [0.1, 0.15) is 38.4 Å². The summed E-state index contributed by atoms with van der Waals surface area (Å²) < 4.78 is 5.05. The Labute approximate surface area is 138 Å². The van der Waals surface area contributed by atoms with E-state index in [1.807, 2.05) is 0 Å². The van der Waals surface area contributed by atoms with Crippen LogP contribution in [0.2, 0.25) is 0 Å². The smallest absolute Gasteiger partial charge is 0.328 e. The zero-order valence-electron chi connectivity index (χ0n) is 12.9. The van der Waals surface area contributed by atoms with Gasteiger partial charge >= 0.3 is 5.97 Å². The van der Waals surface area contributed by atoms with E-state index in [0.717, 1.165) is 0 Å². The minimum Gasteiger partial charge on any atom is -0.461 e. The molecule has 0 aliphatic carbocycles. The molecule has 1 amide bonds. The number of aliphatic hydroxyl groups is 1. The van der Waals surface area contributed by atoms with Gasteiger partial charge < -0.3 is 20.6 Å². The Hall–Kier alpha value is -2.06. The van der Waals surface area contributed by atoms with Gasteiger partial charge in [-0.25, -0.2) is 4.79 Å². The summed E-state index contributed by atoms with van der Waals surface area (Å²) in [6.45, 7) is 3.33. The van der Waals surface area contributed by atoms with E-state index in [9.17, 15) is 19.5 Å². The maximum absolute atomic E-state index is 12.1. The number of carbonyl (C=O) groups is 3. The maximum Gasteiger partial charge on any atom is 0.328 e. The molecule has 0 fully saturated rings. The van der Waals surface area contributed by atoms with Gasteiger partial charge in [0.1, 0.15) is 6.04 Å². The first-order chi connectivity index (χ1) is 10.8. The van der Waals surface area contributed by atoms with Crippen LogP contribution in [0, 0.1) is 5.41 Å². The van der Waals surface area contributed by atoms with Crippen LogP contribution in [0.3, 0.4) is 0 Å². The SMILES string of the molecule is CC(C)OC(=O)[C@H](CCC(=O)C=N)NC(=O)[C@@H](O)c1ccsc1. The van der Waals surface area contributed by atoms with Gasteiger partial charge in [0.15, 0.2) is 11.9 Å². The number of nitrogens with one attached hydrogen (secondary N) is 2. The number of ether oxygens (including phenoxy) is 1. The number of thiophene rings is 1. The molecule has 7 nitrogen and oxygen atoms in total. The number of aliphatic hydroxyl groups excluding tert-OH is 1. The molecule has 0 aliphatic rings. The molecule has 0 aromatic carbocycles. The van der Waals surface area contributed by atoms with Crippen molar-refractivity contribution in [2.24, 2.45) is 0 Å². The highest BCUT2D eigenvalue weighted by Crippen LogP contribution is 2.17. The molecule has 0 spiro atoms. The minimum atomic E-state index is -1.39. The molecule has 3 N–H and O–H groups in total. The van der Waals surface area contributed by atoms with Crippen LogP contribution in [0.4, 0.5) is 0 Å². The van der Waals surface area contributed by atoms with E-state index in [-0.39, 0.29) is 18.9 Å². The van der Waals surface area contributed by atoms with Crippen molar-refractivity contribution in [1.82, 2.24) is 5.32 Å². The number of ketones is 1. The summed E-state index contributed by atoms with van der Waals surface area (Å²) >= 11 is 1.33. The normalized spacial score (nSPS) is 13.2. The van der Waals surface area contributed by atoms with Crippen LogP contribution in [-0.4, -0.2) is 41.1 Å². The summed E-state index contributed by atoms with van der Waals surface area (Å²) in [5, 5.41) is 22.6. The fourth-order valence-corrected chi connectivity index (χ4v) is 2.43. The zero-order chi connectivity index (χ0) is 17.4. The van der Waals surface area contributed by atoms with Gasteiger partial charge in [0, 0.05) is 12.0 Å². The van der Waals surface area contributed by atoms with Gasteiger partial charge in [0.05, 0.1) is 12.3 Å². The van der Waals surface area contributed by atoms with Crippen molar-refractivity contribution in [2.75, 3.05) is 0 Å². The highest BCUT2D eigenvalue weighted by molar-refractivity contribution is 7.08. The topological polar surface area (TPSA) is 117 Å². The van der Waals surface area contributed by atoms with Crippen LogP contribution >= 0.6 is 11.3 Å². The van der Waals surface area contributed by atoms with Crippen LogP contribution < -0.4 is 5.32 Å². The monoisotopic (exact) mass is 340 g/mol. The minimum absolute atomic E-state index is 0.00185. The molecule has 1 aromatic rings. The summed E-state index contributed by atoms with van der Waals surface area (Å²) in [6.07, 6.45) is -1.18. The third kappa shape index (κ3) is 6.29. The highest BCUT2D eigenvalue weighted by atomic mass is 32.1. The molecule has 0 saturated carbocycles. The fourth-order valence-electron chi connectivity index (χ4n) is 1.75. The molecule has 23 heavy (non-hydrogen) atoms. The van der Waals surface area contributed by atoms with Gasteiger partial charge in [-0.15, -0.1) is 0 Å². The first-order valence-corrected chi connectivity index (χ1v) is 8.03. The fraction of sp³-hybridized carbons (Fsp3) is 0.467. The van der Waals surface area contributed by atoms with Crippen LogP contribution in [0.15, 0.2) is 16.8 Å². The van der Waals surface area contributed by atoms with Gasteiger partial charge in [0.2, 0.25) is 0 Å². The van der Waals surface area contributed by atoms with Crippen molar-refractivity contribution in [1.29, 1.82) is 5.41 Å². The molecular weight excluding hydrogens is 320 g/mol. The second-order valence-electron chi connectivity index (χ2n) is 5.16. The maximum atomic E-state index is 12.1. The van der Waals surface area contributed by atoms with Gasteiger partial charge in [-0.3, -0.25) is 9.59 Å². The third-order valence-corrected chi connectivity index (χ3v) is 3.60. The molecule has 0 saturated heterocycles. The van der Waals surface area contributed by atoms with E-state index in [0.29, 0.717) is 11.8 Å². The van der Waals surface area contributed by atoms with Crippen molar-refractivity contribution < 1.29 is 24.2 Å². The number of esters is 1. The molecule has 8 heteroatoms. The standard InChI is InChI=1S/C15H20N2O5S/c1-9(2)22-15(21)12(4-3-11(18)7-16)17-14(20)13(19)10-5-6-23-8-10/h5-9,12-13,16,19H,3-4H2,1-2H3,(H,17,20)/t12-,13-/m0/s1. The Bertz CT molecular complexity index is 556. The Morgan fingerprint density at radius 1 is 1.43 bits per heavy atom. The first kappa shape index (κ1) is 19.0. The lowest BCUT2D eigenvalue weighted by Gasteiger charge is -2.20. The zero-order valence-corrected chi connectivity index (χ0v) is 13.8. The van der Waals surface area contributed by atoms with Crippen LogP contribution in [-0.2, 0) is 19.1 Å². The summed E-state index contributed by atoms with van der Waals surface area (Å²) in [7, 11) is 0. The average molecular weight is 340 g/mol. The van der Waals surface area contributed by atoms with Gasteiger partial charge in [0.25, 0.3) is 5.91 Å². The predicted octanol–water partition coefficient (Wildman–Crippen LogP) is 1.22. The molecule has 0 unspecified atom stereocenters. The van der Waals surface area contributed by atoms with Gasteiger partial charge in [-0.1, -0.05) is 0 Å². The van der Waals surface area contributed by atoms with Crippen molar-refractivity contribution >= 4 is 35.2 Å². The summed E-state index contributed by atoms with van der Waals surface area (Å²) in [5.74, 6) is -1.87. The lowest BCUT2D eigenvalue weighted by Crippen LogP contribution is -2.44.